The predicted octanol–water partition coefficient (Wildman–Crippen LogP) is 2.12. The zero-order valence-corrected chi connectivity index (χ0v) is 11.3. The summed E-state index contributed by atoms with van der Waals surface area (Å²) >= 11 is 0. The van der Waals surface area contributed by atoms with Crippen LogP contribution in [0.1, 0.15) is 11.3 Å². The molecule has 1 heterocycles. The van der Waals surface area contributed by atoms with Gasteiger partial charge in [0.15, 0.2) is 0 Å². The maximum Gasteiger partial charge on any atom is 0.121 e. The van der Waals surface area contributed by atoms with Gasteiger partial charge in [0.25, 0.3) is 0 Å². The topological polar surface area (TPSA) is 39.1 Å². The van der Waals surface area contributed by atoms with Crippen molar-refractivity contribution in [1.29, 1.82) is 0 Å². The molecule has 18 heavy (non-hydrogen) atoms. The molecule has 2 rings (SSSR count). The van der Waals surface area contributed by atoms with Gasteiger partial charge in [-0.05, 0) is 37.2 Å². The first-order valence-electron chi connectivity index (χ1n) is 5.98. The molecule has 0 atom stereocenters. The number of nitrogens with zero attached hydrogens (tertiary/aromatic N) is 2. The van der Waals surface area contributed by atoms with E-state index in [1.807, 2.05) is 31.0 Å². The van der Waals surface area contributed by atoms with Crippen LogP contribution in [0.5, 0.6) is 5.75 Å². The number of benzene rings is 1. The second-order valence-corrected chi connectivity index (χ2v) is 4.34. The first kappa shape index (κ1) is 12.6. The summed E-state index contributed by atoms with van der Waals surface area (Å²) in [6, 6.07) is 6.21. The fourth-order valence-corrected chi connectivity index (χ4v) is 2.13. The van der Waals surface area contributed by atoms with Crippen LogP contribution in [0, 0.1) is 6.92 Å². The Morgan fingerprint density at radius 3 is 2.78 bits per heavy atom. The molecule has 0 fully saturated rings. The van der Waals surface area contributed by atoms with E-state index in [0.29, 0.717) is 0 Å². The third-order valence-electron chi connectivity index (χ3n) is 3.11. The molecule has 0 saturated carbocycles. The van der Waals surface area contributed by atoms with Crippen molar-refractivity contribution in [1.82, 2.24) is 15.1 Å². The van der Waals surface area contributed by atoms with Crippen LogP contribution in [-0.4, -0.2) is 23.9 Å². The van der Waals surface area contributed by atoms with Gasteiger partial charge in [-0.1, -0.05) is 6.07 Å². The van der Waals surface area contributed by atoms with Crippen molar-refractivity contribution >= 4 is 0 Å². The molecule has 0 unspecified atom stereocenters. The molecular weight excluding hydrogens is 226 g/mol. The minimum absolute atomic E-state index is 0.802. The van der Waals surface area contributed by atoms with E-state index >= 15 is 0 Å². The summed E-state index contributed by atoms with van der Waals surface area (Å²) in [6.07, 6.45) is 1.91. The van der Waals surface area contributed by atoms with Crippen LogP contribution in [-0.2, 0) is 13.6 Å². The molecule has 0 aliphatic heterocycles. The first-order valence-corrected chi connectivity index (χ1v) is 5.98. The molecule has 0 spiro atoms. The molecule has 1 aromatic carbocycles. The lowest BCUT2D eigenvalue weighted by molar-refractivity contribution is 0.412. The Bertz CT molecular complexity index is 546. The molecule has 0 radical (unpaired) electrons. The number of hydrogen-bond donors (Lipinski definition) is 1. The highest BCUT2D eigenvalue weighted by Crippen LogP contribution is 2.28. The van der Waals surface area contributed by atoms with Gasteiger partial charge in [0, 0.05) is 19.2 Å². The smallest absolute Gasteiger partial charge is 0.121 e. The second-order valence-electron chi connectivity index (χ2n) is 4.34. The van der Waals surface area contributed by atoms with Crippen molar-refractivity contribution in [3.63, 3.8) is 0 Å². The predicted molar refractivity (Wildman–Crippen MR) is 72.7 cm³/mol. The van der Waals surface area contributed by atoms with Crippen LogP contribution >= 0.6 is 0 Å². The average molecular weight is 245 g/mol. The Balaban J connectivity index is 2.45. The van der Waals surface area contributed by atoms with E-state index in [1.165, 1.54) is 11.3 Å². The van der Waals surface area contributed by atoms with Crippen LogP contribution in [0.2, 0.25) is 0 Å². The zero-order valence-electron chi connectivity index (χ0n) is 11.3. The summed E-state index contributed by atoms with van der Waals surface area (Å²) in [6.45, 7) is 2.85. The van der Waals surface area contributed by atoms with Gasteiger partial charge in [0.1, 0.15) is 5.75 Å². The number of rotatable bonds is 4. The molecule has 4 heteroatoms. The van der Waals surface area contributed by atoms with E-state index in [4.69, 9.17) is 4.74 Å². The Hall–Kier alpha value is -1.81. The third kappa shape index (κ3) is 2.24. The molecule has 2 aromatic rings. The molecule has 4 nitrogen and oxygen atoms in total. The SMILES string of the molecule is CNCc1c(-c2ccc(OC)c(C)c2)cnn1C. The van der Waals surface area contributed by atoms with E-state index in [-0.39, 0.29) is 0 Å². The van der Waals surface area contributed by atoms with Crippen LogP contribution in [0.3, 0.4) is 0 Å². The molecule has 0 aliphatic rings. The Labute approximate surface area is 108 Å². The Morgan fingerprint density at radius 1 is 1.39 bits per heavy atom. The lowest BCUT2D eigenvalue weighted by Crippen LogP contribution is -2.10. The summed E-state index contributed by atoms with van der Waals surface area (Å²) in [5.41, 5.74) is 4.65. The highest BCUT2D eigenvalue weighted by Gasteiger charge is 2.11. The second kappa shape index (κ2) is 5.23. The molecular formula is C14H19N3O. The van der Waals surface area contributed by atoms with Crippen LogP contribution < -0.4 is 10.1 Å². The summed E-state index contributed by atoms with van der Waals surface area (Å²) < 4.78 is 7.19. The zero-order chi connectivity index (χ0) is 13.1. The van der Waals surface area contributed by atoms with Crippen molar-refractivity contribution in [2.45, 2.75) is 13.5 Å². The fourth-order valence-electron chi connectivity index (χ4n) is 2.13. The summed E-state index contributed by atoms with van der Waals surface area (Å²) in [5.74, 6) is 0.915. The van der Waals surface area contributed by atoms with Gasteiger partial charge < -0.3 is 10.1 Å². The number of aromatic nitrogens is 2. The third-order valence-corrected chi connectivity index (χ3v) is 3.11. The Morgan fingerprint density at radius 2 is 2.17 bits per heavy atom. The summed E-state index contributed by atoms with van der Waals surface area (Å²) in [5, 5.41) is 7.50. The van der Waals surface area contributed by atoms with Gasteiger partial charge in [-0.25, -0.2) is 0 Å². The van der Waals surface area contributed by atoms with E-state index in [0.717, 1.165) is 23.4 Å². The van der Waals surface area contributed by atoms with Crippen molar-refractivity contribution < 1.29 is 4.74 Å². The molecule has 0 aliphatic carbocycles. The van der Waals surface area contributed by atoms with Gasteiger partial charge in [-0.2, -0.15) is 5.10 Å². The minimum atomic E-state index is 0.802. The van der Waals surface area contributed by atoms with Gasteiger partial charge >= 0.3 is 0 Å². The molecule has 1 aromatic heterocycles. The number of hydrogen-bond acceptors (Lipinski definition) is 3. The van der Waals surface area contributed by atoms with Crippen molar-refractivity contribution in [3.8, 4) is 16.9 Å². The van der Waals surface area contributed by atoms with Crippen molar-refractivity contribution in [2.75, 3.05) is 14.2 Å². The van der Waals surface area contributed by atoms with E-state index in [2.05, 4.69) is 29.5 Å². The molecule has 0 saturated heterocycles. The fraction of sp³-hybridized carbons (Fsp3) is 0.357. The van der Waals surface area contributed by atoms with Crippen LogP contribution in [0.15, 0.2) is 24.4 Å². The van der Waals surface area contributed by atoms with E-state index < -0.39 is 0 Å². The highest BCUT2D eigenvalue weighted by molar-refractivity contribution is 5.67. The van der Waals surface area contributed by atoms with Gasteiger partial charge in [0.05, 0.1) is 19.0 Å². The highest BCUT2D eigenvalue weighted by atomic mass is 16.5. The Kier molecular flexibility index (Phi) is 3.67. The van der Waals surface area contributed by atoms with Gasteiger partial charge in [-0.3, -0.25) is 4.68 Å². The minimum Gasteiger partial charge on any atom is -0.496 e. The number of methoxy groups -OCH3 is 1. The number of aryl methyl sites for hydroxylation is 2. The summed E-state index contributed by atoms with van der Waals surface area (Å²) in [4.78, 5) is 0. The van der Waals surface area contributed by atoms with Crippen LogP contribution in [0.25, 0.3) is 11.1 Å². The van der Waals surface area contributed by atoms with Gasteiger partial charge in [0.2, 0.25) is 0 Å². The van der Waals surface area contributed by atoms with Gasteiger partial charge in [-0.15, -0.1) is 0 Å². The molecule has 0 bridgehead atoms. The molecule has 0 amide bonds. The monoisotopic (exact) mass is 245 g/mol. The average Bonchev–Trinajstić information content (AvgIpc) is 2.72. The summed E-state index contributed by atoms with van der Waals surface area (Å²) in [7, 11) is 5.60. The standard InChI is InChI=1S/C14H19N3O/c1-10-7-11(5-6-14(10)18-4)12-8-16-17(3)13(12)9-15-2/h5-8,15H,9H2,1-4H3. The molecule has 1 N–H and O–H groups in total. The number of nitrogens with one attached hydrogen (secondary N) is 1. The van der Waals surface area contributed by atoms with Crippen molar-refractivity contribution in [3.05, 3.63) is 35.7 Å². The van der Waals surface area contributed by atoms with E-state index in [1.54, 1.807) is 7.11 Å². The first-order chi connectivity index (χ1) is 8.67. The normalized spacial score (nSPS) is 10.7. The maximum absolute atomic E-state index is 5.29. The maximum atomic E-state index is 5.29. The van der Waals surface area contributed by atoms with Crippen molar-refractivity contribution in [2.24, 2.45) is 7.05 Å². The van der Waals surface area contributed by atoms with E-state index in [9.17, 15) is 0 Å². The molecule has 96 valence electrons. The number of ether oxygens (including phenoxy) is 1. The lowest BCUT2D eigenvalue weighted by atomic mass is 10.0. The largest absolute Gasteiger partial charge is 0.496 e. The quantitative estimate of drug-likeness (QED) is 0.896. The van der Waals surface area contributed by atoms with Crippen LogP contribution in [0.4, 0.5) is 0 Å². The lowest BCUT2D eigenvalue weighted by Gasteiger charge is -2.09.